The molecule has 0 spiro atoms. The highest BCUT2D eigenvalue weighted by atomic mass is 35.5. The molecule has 0 saturated carbocycles. The van der Waals surface area contributed by atoms with E-state index in [1.165, 1.54) is 6.07 Å². The van der Waals surface area contributed by atoms with Crippen molar-refractivity contribution in [3.05, 3.63) is 63.9 Å². The van der Waals surface area contributed by atoms with E-state index >= 15 is 0 Å². The molecule has 1 aliphatic rings. The number of anilines is 1. The summed E-state index contributed by atoms with van der Waals surface area (Å²) >= 11 is 6.01. The molecule has 1 heterocycles. The van der Waals surface area contributed by atoms with Crippen LogP contribution in [-0.2, 0) is 6.42 Å². The van der Waals surface area contributed by atoms with Crippen LogP contribution in [0.5, 0.6) is 0 Å². The molecule has 3 rings (SSSR count). The van der Waals surface area contributed by atoms with Crippen molar-refractivity contribution >= 4 is 29.4 Å². The Morgan fingerprint density at radius 2 is 2.09 bits per heavy atom. The zero-order valence-corrected chi connectivity index (χ0v) is 12.9. The summed E-state index contributed by atoms with van der Waals surface area (Å²) in [4.78, 5) is 0. The maximum Gasteiger partial charge on any atom is 0.131 e. The molecule has 4 heteroatoms. The molecule has 22 heavy (non-hydrogen) atoms. The van der Waals surface area contributed by atoms with Gasteiger partial charge in [-0.2, -0.15) is 0 Å². The zero-order chi connectivity index (χ0) is 15.7. The van der Waals surface area contributed by atoms with Crippen LogP contribution in [0.1, 0.15) is 23.6 Å². The number of hydrogen-bond donors (Lipinski definition) is 2. The van der Waals surface area contributed by atoms with Gasteiger partial charge in [-0.15, -0.1) is 0 Å². The number of nitrogens with one attached hydrogen (secondary N) is 1. The van der Waals surface area contributed by atoms with Crippen molar-refractivity contribution in [1.29, 1.82) is 0 Å². The van der Waals surface area contributed by atoms with Crippen molar-refractivity contribution in [1.82, 2.24) is 0 Å². The summed E-state index contributed by atoms with van der Waals surface area (Å²) < 4.78 is 13.7. The zero-order valence-electron chi connectivity index (χ0n) is 12.2. The van der Waals surface area contributed by atoms with Gasteiger partial charge < -0.3 is 10.4 Å². The van der Waals surface area contributed by atoms with Gasteiger partial charge in [0.1, 0.15) is 5.82 Å². The molecule has 2 atom stereocenters. The Bertz CT molecular complexity index is 709. The third kappa shape index (κ3) is 3.01. The summed E-state index contributed by atoms with van der Waals surface area (Å²) in [5.41, 5.74) is 3.44. The van der Waals surface area contributed by atoms with Crippen LogP contribution in [0.4, 0.5) is 10.1 Å². The number of rotatable bonds is 2. The van der Waals surface area contributed by atoms with E-state index < -0.39 is 0 Å². The summed E-state index contributed by atoms with van der Waals surface area (Å²) in [6.45, 7) is 1.95. The highest BCUT2D eigenvalue weighted by Gasteiger charge is 2.22. The molecule has 2 aromatic carbocycles. The lowest BCUT2D eigenvalue weighted by molar-refractivity contribution is 0.154. The highest BCUT2D eigenvalue weighted by molar-refractivity contribution is 6.32. The van der Waals surface area contributed by atoms with E-state index in [0.29, 0.717) is 17.0 Å². The molecule has 0 amide bonds. The van der Waals surface area contributed by atoms with Crippen molar-refractivity contribution in [3.8, 4) is 0 Å². The van der Waals surface area contributed by atoms with Gasteiger partial charge in [0.15, 0.2) is 0 Å². The molecule has 0 aliphatic carbocycles. The lowest BCUT2D eigenvalue weighted by atomic mass is 9.95. The normalized spacial score (nSPS) is 20.7. The van der Waals surface area contributed by atoms with Crippen LogP contribution in [0.25, 0.3) is 12.2 Å². The van der Waals surface area contributed by atoms with Crippen molar-refractivity contribution in [2.24, 2.45) is 0 Å². The summed E-state index contributed by atoms with van der Waals surface area (Å²) in [6, 6.07) is 10.6. The summed E-state index contributed by atoms with van der Waals surface area (Å²) in [5, 5.41) is 13.6. The molecule has 114 valence electrons. The van der Waals surface area contributed by atoms with Crippen LogP contribution in [0.15, 0.2) is 36.4 Å². The molecule has 0 bridgehead atoms. The van der Waals surface area contributed by atoms with Crippen LogP contribution in [-0.4, -0.2) is 17.3 Å². The van der Waals surface area contributed by atoms with E-state index in [4.69, 9.17) is 11.6 Å². The second kappa shape index (κ2) is 6.11. The number of fused-ring (bicyclic) bond motifs is 1. The molecule has 0 saturated heterocycles. The standard InChI is InChI=1S/C18H17ClFNO/c1-11-18(22)10-13-7-5-12(9-17(13)21-11)6-8-14-15(19)3-2-4-16(14)20/h2-9,11,18,21-22H,10H2,1H3. The highest BCUT2D eigenvalue weighted by Crippen LogP contribution is 2.27. The Hall–Kier alpha value is -1.84. The Labute approximate surface area is 134 Å². The molecule has 0 radical (unpaired) electrons. The predicted octanol–water partition coefficient (Wildman–Crippen LogP) is 4.37. The molecule has 2 nitrogen and oxygen atoms in total. The van der Waals surface area contributed by atoms with Crippen molar-refractivity contribution in [3.63, 3.8) is 0 Å². The summed E-state index contributed by atoms with van der Waals surface area (Å²) in [5.74, 6) is -0.337. The minimum atomic E-state index is -0.369. The average molecular weight is 318 g/mol. The maximum atomic E-state index is 13.7. The smallest absolute Gasteiger partial charge is 0.131 e. The van der Waals surface area contributed by atoms with E-state index in [2.05, 4.69) is 5.32 Å². The fraction of sp³-hybridized carbons (Fsp3) is 0.222. The van der Waals surface area contributed by atoms with E-state index in [0.717, 1.165) is 16.8 Å². The first kappa shape index (κ1) is 15.1. The molecular weight excluding hydrogens is 301 g/mol. The van der Waals surface area contributed by atoms with Gasteiger partial charge in [-0.1, -0.05) is 35.9 Å². The molecule has 2 unspecified atom stereocenters. The van der Waals surface area contributed by atoms with E-state index in [1.807, 2.05) is 31.2 Å². The molecule has 0 aromatic heterocycles. The van der Waals surface area contributed by atoms with Crippen LogP contribution >= 0.6 is 11.6 Å². The van der Waals surface area contributed by atoms with Gasteiger partial charge in [0.05, 0.1) is 11.1 Å². The summed E-state index contributed by atoms with van der Waals surface area (Å²) in [7, 11) is 0. The number of aliphatic hydroxyl groups is 1. The molecule has 2 N–H and O–H groups in total. The molecular formula is C18H17ClFNO. The van der Waals surface area contributed by atoms with Crippen LogP contribution in [0.3, 0.4) is 0 Å². The van der Waals surface area contributed by atoms with Crippen molar-refractivity contribution < 1.29 is 9.50 Å². The molecule has 1 aliphatic heterocycles. The second-order valence-electron chi connectivity index (χ2n) is 5.59. The van der Waals surface area contributed by atoms with Gasteiger partial charge >= 0.3 is 0 Å². The van der Waals surface area contributed by atoms with E-state index in [1.54, 1.807) is 18.2 Å². The second-order valence-corrected chi connectivity index (χ2v) is 6.00. The Kier molecular flexibility index (Phi) is 4.19. The van der Waals surface area contributed by atoms with Gasteiger partial charge in [0.25, 0.3) is 0 Å². The average Bonchev–Trinajstić information content (AvgIpc) is 2.48. The van der Waals surface area contributed by atoms with Crippen LogP contribution in [0.2, 0.25) is 5.02 Å². The number of aliphatic hydroxyl groups excluding tert-OH is 1. The first-order chi connectivity index (χ1) is 10.5. The van der Waals surface area contributed by atoms with Gasteiger partial charge in [0, 0.05) is 23.7 Å². The number of hydrogen-bond acceptors (Lipinski definition) is 2. The minimum Gasteiger partial charge on any atom is -0.391 e. The number of benzene rings is 2. The Morgan fingerprint density at radius 3 is 2.86 bits per heavy atom. The van der Waals surface area contributed by atoms with Crippen molar-refractivity contribution in [2.75, 3.05) is 5.32 Å². The van der Waals surface area contributed by atoms with Crippen molar-refractivity contribution in [2.45, 2.75) is 25.5 Å². The lowest BCUT2D eigenvalue weighted by Crippen LogP contribution is -2.36. The predicted molar refractivity (Wildman–Crippen MR) is 89.6 cm³/mol. The SMILES string of the molecule is CC1Nc2cc(C=Cc3c(F)cccc3Cl)ccc2CC1O. The third-order valence-corrected chi connectivity index (χ3v) is 4.30. The van der Waals surface area contributed by atoms with Gasteiger partial charge in [0.2, 0.25) is 0 Å². The first-order valence-corrected chi connectivity index (χ1v) is 7.62. The first-order valence-electron chi connectivity index (χ1n) is 7.24. The molecule has 0 fully saturated rings. The topological polar surface area (TPSA) is 32.3 Å². The van der Waals surface area contributed by atoms with Gasteiger partial charge in [-0.05, 0) is 42.3 Å². The number of halogens is 2. The molecule has 2 aromatic rings. The fourth-order valence-corrected chi connectivity index (χ4v) is 2.83. The fourth-order valence-electron chi connectivity index (χ4n) is 2.60. The van der Waals surface area contributed by atoms with E-state index in [9.17, 15) is 9.50 Å². The van der Waals surface area contributed by atoms with Crippen LogP contribution in [0, 0.1) is 5.82 Å². The quantitative estimate of drug-likeness (QED) is 0.806. The van der Waals surface area contributed by atoms with Crippen LogP contribution < -0.4 is 5.32 Å². The maximum absolute atomic E-state index is 13.7. The largest absolute Gasteiger partial charge is 0.391 e. The Morgan fingerprint density at radius 1 is 1.27 bits per heavy atom. The Balaban J connectivity index is 1.88. The van der Waals surface area contributed by atoms with Gasteiger partial charge in [-0.3, -0.25) is 0 Å². The minimum absolute atomic E-state index is 0.0211. The van der Waals surface area contributed by atoms with Gasteiger partial charge in [-0.25, -0.2) is 4.39 Å². The lowest BCUT2D eigenvalue weighted by Gasteiger charge is -2.29. The summed E-state index contributed by atoms with van der Waals surface area (Å²) in [6.07, 6.45) is 3.79. The monoisotopic (exact) mass is 317 g/mol. The third-order valence-electron chi connectivity index (χ3n) is 3.97. The van der Waals surface area contributed by atoms with E-state index in [-0.39, 0.29) is 18.0 Å².